The van der Waals surface area contributed by atoms with Crippen LogP contribution in [0.4, 0.5) is 4.39 Å². The van der Waals surface area contributed by atoms with E-state index in [1.165, 1.54) is 28.7 Å². The Morgan fingerprint density at radius 1 is 1.25 bits per heavy atom. The number of rotatable bonds is 5. The molecule has 0 atom stereocenters. The first-order valence-electron chi connectivity index (χ1n) is 6.97. The fourth-order valence-electron chi connectivity index (χ4n) is 1.94. The van der Waals surface area contributed by atoms with Gasteiger partial charge in [-0.2, -0.15) is 9.78 Å². The van der Waals surface area contributed by atoms with Gasteiger partial charge in [0.25, 0.3) is 0 Å². The molecule has 0 radical (unpaired) electrons. The minimum atomic E-state index is -0.445. The fourth-order valence-corrected chi connectivity index (χ4v) is 3.25. The normalized spacial score (nSPS) is 11.2. The maximum Gasteiger partial charge on any atom is 0.217 e. The van der Waals surface area contributed by atoms with Crippen LogP contribution < -0.4 is 0 Å². The molecule has 3 rings (SSSR count). The van der Waals surface area contributed by atoms with E-state index in [1.54, 1.807) is 12.1 Å². The van der Waals surface area contributed by atoms with Gasteiger partial charge in [-0.3, -0.25) is 0 Å². The average Bonchev–Trinajstić information content (AvgIpc) is 2.94. The largest absolute Gasteiger partial charge is 0.249 e. The van der Waals surface area contributed by atoms with Crippen LogP contribution in [0, 0.1) is 10.6 Å². The molecule has 0 fully saturated rings. The number of thioether (sulfide) groups is 1. The molecular formula is C16H12ClFN4S2. The molecule has 0 saturated heterocycles. The Morgan fingerprint density at radius 3 is 2.79 bits per heavy atom. The van der Waals surface area contributed by atoms with Gasteiger partial charge in [0.15, 0.2) is 0 Å². The first-order valence-corrected chi connectivity index (χ1v) is 8.75. The standard InChI is InChI=1S/C16H12ClFN4S2/c17-13-7-4-8-14(18)12(13)9-19-22-15(23)20-21-16(22)24-10-11-5-2-1-3-6-11/h1-9H,10H2,(H,20,23). The number of halogens is 2. The van der Waals surface area contributed by atoms with Crippen LogP contribution in [-0.2, 0) is 5.75 Å². The van der Waals surface area contributed by atoms with Crippen molar-refractivity contribution in [1.29, 1.82) is 0 Å². The summed E-state index contributed by atoms with van der Waals surface area (Å²) in [5, 5.41) is 11.9. The molecule has 8 heteroatoms. The number of nitrogens with one attached hydrogen (secondary N) is 1. The van der Waals surface area contributed by atoms with E-state index in [9.17, 15) is 4.39 Å². The highest BCUT2D eigenvalue weighted by atomic mass is 35.5. The molecule has 0 bridgehead atoms. The molecule has 0 aliphatic rings. The zero-order chi connectivity index (χ0) is 16.9. The van der Waals surface area contributed by atoms with Gasteiger partial charge in [0.1, 0.15) is 5.82 Å². The van der Waals surface area contributed by atoms with Crippen molar-refractivity contribution in [2.75, 3.05) is 0 Å². The number of hydrogen-bond donors (Lipinski definition) is 1. The topological polar surface area (TPSA) is 46.0 Å². The maximum atomic E-state index is 13.8. The number of benzene rings is 2. The molecule has 1 heterocycles. The van der Waals surface area contributed by atoms with Crippen LogP contribution in [0.2, 0.25) is 5.02 Å². The van der Waals surface area contributed by atoms with Crippen molar-refractivity contribution in [2.45, 2.75) is 10.9 Å². The summed E-state index contributed by atoms with van der Waals surface area (Å²) in [5.41, 5.74) is 1.37. The Labute approximate surface area is 152 Å². The second-order valence-corrected chi connectivity index (χ2v) is 6.51. The highest BCUT2D eigenvalue weighted by Gasteiger charge is 2.08. The predicted octanol–water partition coefficient (Wildman–Crippen LogP) is 4.91. The molecule has 0 unspecified atom stereocenters. The molecule has 4 nitrogen and oxygen atoms in total. The van der Waals surface area contributed by atoms with Gasteiger partial charge in [-0.1, -0.05) is 59.8 Å². The van der Waals surface area contributed by atoms with Crippen LogP contribution >= 0.6 is 35.6 Å². The Bertz CT molecular complexity index is 901. The SMILES string of the molecule is Fc1cccc(Cl)c1C=Nn1c(SCc2ccccc2)n[nH]c1=S. The first kappa shape index (κ1) is 16.9. The zero-order valence-electron chi connectivity index (χ0n) is 12.3. The predicted molar refractivity (Wildman–Crippen MR) is 97.8 cm³/mol. The second kappa shape index (κ2) is 7.74. The van der Waals surface area contributed by atoms with Gasteiger partial charge >= 0.3 is 0 Å². The first-order chi connectivity index (χ1) is 11.6. The summed E-state index contributed by atoms with van der Waals surface area (Å²) < 4.78 is 15.6. The van der Waals surface area contributed by atoms with Crippen LogP contribution in [0.15, 0.2) is 58.8 Å². The highest BCUT2D eigenvalue weighted by molar-refractivity contribution is 7.98. The minimum Gasteiger partial charge on any atom is -0.249 e. The third kappa shape index (κ3) is 3.92. The lowest BCUT2D eigenvalue weighted by molar-refractivity contribution is 0.625. The van der Waals surface area contributed by atoms with E-state index in [0.29, 0.717) is 9.93 Å². The van der Waals surface area contributed by atoms with Crippen molar-refractivity contribution >= 4 is 41.8 Å². The Kier molecular flexibility index (Phi) is 5.44. The summed E-state index contributed by atoms with van der Waals surface area (Å²) in [7, 11) is 0. The van der Waals surface area contributed by atoms with E-state index in [4.69, 9.17) is 23.8 Å². The lowest BCUT2D eigenvalue weighted by atomic mass is 10.2. The monoisotopic (exact) mass is 378 g/mol. The summed E-state index contributed by atoms with van der Waals surface area (Å²) in [6.45, 7) is 0. The quantitative estimate of drug-likeness (QED) is 0.390. The molecule has 2 aromatic carbocycles. The third-order valence-corrected chi connectivity index (χ3v) is 4.73. The van der Waals surface area contributed by atoms with Crippen molar-refractivity contribution in [3.8, 4) is 0 Å². The molecule has 0 spiro atoms. The van der Waals surface area contributed by atoms with Crippen molar-refractivity contribution in [3.63, 3.8) is 0 Å². The number of aromatic nitrogens is 3. The van der Waals surface area contributed by atoms with Gasteiger partial charge in [-0.15, -0.1) is 5.10 Å². The molecule has 0 saturated carbocycles. The minimum absolute atomic E-state index is 0.210. The van der Waals surface area contributed by atoms with Crippen LogP contribution in [-0.4, -0.2) is 21.1 Å². The summed E-state index contributed by atoms with van der Waals surface area (Å²) in [6.07, 6.45) is 1.34. The number of aromatic amines is 1. The van der Waals surface area contributed by atoms with Crippen molar-refractivity contribution in [1.82, 2.24) is 14.9 Å². The van der Waals surface area contributed by atoms with E-state index in [1.807, 2.05) is 30.3 Å². The van der Waals surface area contributed by atoms with Crippen molar-refractivity contribution in [3.05, 3.63) is 75.3 Å². The summed E-state index contributed by atoms with van der Waals surface area (Å²) in [6, 6.07) is 14.4. The lowest BCUT2D eigenvalue weighted by Gasteiger charge is -2.02. The van der Waals surface area contributed by atoms with Crippen LogP contribution in [0.5, 0.6) is 0 Å². The Balaban J connectivity index is 1.83. The number of H-pyrrole nitrogens is 1. The summed E-state index contributed by atoms with van der Waals surface area (Å²) in [5.74, 6) is 0.274. The average molecular weight is 379 g/mol. The maximum absolute atomic E-state index is 13.8. The van der Waals surface area contributed by atoms with Crippen molar-refractivity contribution < 1.29 is 4.39 Å². The molecule has 122 valence electrons. The summed E-state index contributed by atoms with van der Waals surface area (Å²) >= 11 is 12.6. The molecule has 0 amide bonds. The zero-order valence-corrected chi connectivity index (χ0v) is 14.7. The van der Waals surface area contributed by atoms with Gasteiger partial charge in [-0.05, 0) is 29.9 Å². The lowest BCUT2D eigenvalue weighted by Crippen LogP contribution is -1.96. The molecule has 3 aromatic rings. The summed E-state index contributed by atoms with van der Waals surface area (Å²) in [4.78, 5) is 0. The molecule has 1 N–H and O–H groups in total. The second-order valence-electron chi connectivity index (χ2n) is 4.78. The van der Waals surface area contributed by atoms with Gasteiger partial charge in [0, 0.05) is 11.3 Å². The molecule has 0 aliphatic heterocycles. The Hall–Kier alpha value is -1.96. The smallest absolute Gasteiger partial charge is 0.217 e. The van der Waals surface area contributed by atoms with E-state index >= 15 is 0 Å². The number of hydrogen-bond acceptors (Lipinski definition) is 4. The molecule has 24 heavy (non-hydrogen) atoms. The molecule has 0 aliphatic carbocycles. The van der Waals surface area contributed by atoms with E-state index in [2.05, 4.69) is 15.3 Å². The van der Waals surface area contributed by atoms with E-state index in [0.717, 1.165) is 11.3 Å². The highest BCUT2D eigenvalue weighted by Crippen LogP contribution is 2.21. The fraction of sp³-hybridized carbons (Fsp3) is 0.0625. The van der Waals surface area contributed by atoms with Gasteiger partial charge in [-0.25, -0.2) is 9.49 Å². The Morgan fingerprint density at radius 2 is 2.04 bits per heavy atom. The van der Waals surface area contributed by atoms with Gasteiger partial charge in [0.2, 0.25) is 9.93 Å². The third-order valence-electron chi connectivity index (χ3n) is 3.13. The van der Waals surface area contributed by atoms with Crippen LogP contribution in [0.1, 0.15) is 11.1 Å². The van der Waals surface area contributed by atoms with Crippen molar-refractivity contribution in [2.24, 2.45) is 5.10 Å². The number of nitrogens with zero attached hydrogens (tertiary/aromatic N) is 3. The van der Waals surface area contributed by atoms with Crippen LogP contribution in [0.25, 0.3) is 0 Å². The van der Waals surface area contributed by atoms with Gasteiger partial charge < -0.3 is 0 Å². The van der Waals surface area contributed by atoms with E-state index in [-0.39, 0.29) is 10.6 Å². The van der Waals surface area contributed by atoms with Crippen LogP contribution in [0.3, 0.4) is 0 Å². The van der Waals surface area contributed by atoms with Gasteiger partial charge in [0.05, 0.1) is 11.2 Å². The van der Waals surface area contributed by atoms with E-state index < -0.39 is 5.82 Å². The molecular weight excluding hydrogens is 367 g/mol. The molecule has 1 aromatic heterocycles.